The van der Waals surface area contributed by atoms with Gasteiger partial charge in [0, 0.05) is 19.5 Å². The monoisotopic (exact) mass is 378 g/mol. The third-order valence-electron chi connectivity index (χ3n) is 3.76. The molecule has 0 atom stereocenters. The van der Waals surface area contributed by atoms with Crippen LogP contribution in [0.5, 0.6) is 0 Å². The van der Waals surface area contributed by atoms with Crippen molar-refractivity contribution >= 4 is 23.4 Å². The molecule has 3 amide bonds. The van der Waals surface area contributed by atoms with Crippen LogP contribution in [0.2, 0.25) is 0 Å². The van der Waals surface area contributed by atoms with Gasteiger partial charge in [0.2, 0.25) is 5.91 Å². The van der Waals surface area contributed by atoms with Crippen LogP contribution in [-0.2, 0) is 4.79 Å². The van der Waals surface area contributed by atoms with Gasteiger partial charge in [-0.05, 0) is 51.0 Å². The molecule has 0 saturated heterocycles. The Bertz CT molecular complexity index is 595. The van der Waals surface area contributed by atoms with E-state index in [2.05, 4.69) is 16.0 Å². The summed E-state index contributed by atoms with van der Waals surface area (Å²) in [6, 6.07) is 4.73. The average molecular weight is 378 g/mol. The van der Waals surface area contributed by atoms with E-state index in [-0.39, 0.29) is 41.0 Å². The molecule has 1 rings (SSSR count). The van der Waals surface area contributed by atoms with Gasteiger partial charge in [0.1, 0.15) is 0 Å². The molecule has 1 aromatic rings. The molecule has 27 heavy (non-hydrogen) atoms. The molecule has 0 heterocycles. The number of nitrogens with one attached hydrogen (secondary N) is 3. The second kappa shape index (κ2) is 12.8. The smallest absolute Gasteiger partial charge is 0.253 e. The van der Waals surface area contributed by atoms with Crippen molar-refractivity contribution in [3.8, 4) is 0 Å². The fraction of sp³-hybridized carbons (Fsp3) is 0.500. The van der Waals surface area contributed by atoms with Crippen LogP contribution in [0.1, 0.15) is 46.4 Å². The van der Waals surface area contributed by atoms with E-state index in [9.17, 15) is 14.4 Å². The molecular weight excluding hydrogens is 348 g/mol. The molecule has 9 heteroatoms. The molecule has 150 valence electrons. The highest BCUT2D eigenvalue weighted by Gasteiger charge is 2.20. The summed E-state index contributed by atoms with van der Waals surface area (Å²) < 4.78 is 0. The van der Waals surface area contributed by atoms with Gasteiger partial charge in [0.15, 0.2) is 0 Å². The Hall–Kier alpha value is -2.49. The van der Waals surface area contributed by atoms with Crippen molar-refractivity contribution in [1.29, 1.82) is 0 Å². The summed E-state index contributed by atoms with van der Waals surface area (Å²) in [6.07, 6.45) is 1.97. The van der Waals surface area contributed by atoms with E-state index in [1.807, 2.05) is 0 Å². The molecule has 0 bridgehead atoms. The number of rotatable bonds is 12. The molecule has 0 aliphatic rings. The van der Waals surface area contributed by atoms with Gasteiger partial charge in [-0.2, -0.15) is 0 Å². The molecule has 0 aromatic heterocycles. The van der Waals surface area contributed by atoms with E-state index in [0.29, 0.717) is 52.0 Å². The van der Waals surface area contributed by atoms with Gasteiger partial charge < -0.3 is 33.2 Å². The van der Waals surface area contributed by atoms with Gasteiger partial charge in [0.05, 0.1) is 16.8 Å². The summed E-state index contributed by atoms with van der Waals surface area (Å²) in [4.78, 5) is 37.2. The summed E-state index contributed by atoms with van der Waals surface area (Å²) in [5.41, 5.74) is 16.9. The Morgan fingerprint density at radius 2 is 1.26 bits per heavy atom. The number of benzene rings is 1. The van der Waals surface area contributed by atoms with Crippen LogP contribution in [0.3, 0.4) is 0 Å². The van der Waals surface area contributed by atoms with Crippen LogP contribution in [0, 0.1) is 0 Å². The first-order valence-electron chi connectivity index (χ1n) is 9.14. The number of nitrogens with two attached hydrogens (primary N) is 3. The van der Waals surface area contributed by atoms with Gasteiger partial charge >= 0.3 is 0 Å². The number of hydrogen-bond acceptors (Lipinski definition) is 6. The summed E-state index contributed by atoms with van der Waals surface area (Å²) in [6.45, 7) is 2.09. The predicted molar refractivity (Wildman–Crippen MR) is 105 cm³/mol. The fourth-order valence-electron chi connectivity index (χ4n) is 2.33. The minimum absolute atomic E-state index is 0.190. The number of hydrogen-bond donors (Lipinski definition) is 6. The zero-order chi connectivity index (χ0) is 20.1. The molecule has 0 saturated carbocycles. The molecule has 0 aliphatic heterocycles. The van der Waals surface area contributed by atoms with Gasteiger partial charge in [0.25, 0.3) is 11.8 Å². The van der Waals surface area contributed by atoms with E-state index in [0.717, 1.165) is 0 Å². The Balaban J connectivity index is 3.09. The lowest BCUT2D eigenvalue weighted by molar-refractivity contribution is -0.116. The summed E-state index contributed by atoms with van der Waals surface area (Å²) in [5.74, 6) is -1.07. The zero-order valence-corrected chi connectivity index (χ0v) is 15.6. The standard InChI is InChI=1S/C18H30N6O3/c19-8-2-7-15(25)24-16-13(17(26)22-11-3-9-20)5-1-6-14(16)18(27)23-12-4-10-21/h1,5-6H,2-4,7-12,19-21H2,(H,22,26)(H,23,27)(H,24,25). The van der Waals surface area contributed by atoms with Gasteiger partial charge in [-0.25, -0.2) is 0 Å². The number of anilines is 1. The number of para-hydroxylation sites is 1. The number of carbonyl (C=O) groups excluding carboxylic acids is 3. The maximum atomic E-state index is 12.5. The van der Waals surface area contributed by atoms with Crippen LogP contribution in [0.4, 0.5) is 5.69 Å². The van der Waals surface area contributed by atoms with E-state index in [4.69, 9.17) is 17.2 Å². The third-order valence-corrected chi connectivity index (χ3v) is 3.76. The molecule has 9 nitrogen and oxygen atoms in total. The highest BCUT2D eigenvalue weighted by molar-refractivity contribution is 6.11. The fourth-order valence-corrected chi connectivity index (χ4v) is 2.33. The summed E-state index contributed by atoms with van der Waals surface area (Å²) in [5, 5.41) is 8.16. The molecule has 0 radical (unpaired) electrons. The number of carbonyl (C=O) groups is 3. The molecule has 1 aromatic carbocycles. The molecule has 0 fully saturated rings. The van der Waals surface area contributed by atoms with Gasteiger partial charge in [-0.1, -0.05) is 6.07 Å². The van der Waals surface area contributed by atoms with E-state index >= 15 is 0 Å². The second-order valence-corrected chi connectivity index (χ2v) is 5.96. The van der Waals surface area contributed by atoms with E-state index < -0.39 is 0 Å². The lowest BCUT2D eigenvalue weighted by Crippen LogP contribution is -2.30. The van der Waals surface area contributed by atoms with Crippen LogP contribution in [0.25, 0.3) is 0 Å². The maximum absolute atomic E-state index is 12.5. The third kappa shape index (κ3) is 7.73. The largest absolute Gasteiger partial charge is 0.352 e. The second-order valence-electron chi connectivity index (χ2n) is 5.96. The molecule has 9 N–H and O–H groups in total. The maximum Gasteiger partial charge on any atom is 0.253 e. The summed E-state index contributed by atoms with van der Waals surface area (Å²) in [7, 11) is 0. The lowest BCUT2D eigenvalue weighted by atomic mass is 10.0. The lowest BCUT2D eigenvalue weighted by Gasteiger charge is -2.16. The van der Waals surface area contributed by atoms with Crippen LogP contribution < -0.4 is 33.2 Å². The van der Waals surface area contributed by atoms with Crippen LogP contribution >= 0.6 is 0 Å². The SMILES string of the molecule is NCCCNC(=O)c1cccc(C(=O)NCCCN)c1NC(=O)CCCN. The van der Waals surface area contributed by atoms with Crippen molar-refractivity contribution in [2.75, 3.05) is 38.0 Å². The molecule has 0 spiro atoms. The predicted octanol–water partition coefficient (Wildman–Crippen LogP) is -0.479. The molecule has 0 aliphatic carbocycles. The Morgan fingerprint density at radius 3 is 1.70 bits per heavy atom. The first kappa shape index (κ1) is 22.6. The Kier molecular flexibility index (Phi) is 10.7. The average Bonchev–Trinajstić information content (AvgIpc) is 2.66. The topological polar surface area (TPSA) is 165 Å². The Labute approximate surface area is 159 Å². The molecule has 0 unspecified atom stereocenters. The minimum Gasteiger partial charge on any atom is -0.352 e. The Morgan fingerprint density at radius 1 is 0.778 bits per heavy atom. The van der Waals surface area contributed by atoms with Crippen molar-refractivity contribution < 1.29 is 14.4 Å². The van der Waals surface area contributed by atoms with E-state index in [1.165, 1.54) is 0 Å². The quantitative estimate of drug-likeness (QED) is 0.269. The van der Waals surface area contributed by atoms with Crippen molar-refractivity contribution in [2.45, 2.75) is 25.7 Å². The van der Waals surface area contributed by atoms with Crippen LogP contribution in [-0.4, -0.2) is 50.4 Å². The van der Waals surface area contributed by atoms with Crippen molar-refractivity contribution in [3.05, 3.63) is 29.3 Å². The highest BCUT2D eigenvalue weighted by Crippen LogP contribution is 2.22. The first-order valence-corrected chi connectivity index (χ1v) is 9.14. The van der Waals surface area contributed by atoms with Crippen LogP contribution in [0.15, 0.2) is 18.2 Å². The molecular formula is C18H30N6O3. The van der Waals surface area contributed by atoms with Gasteiger partial charge in [-0.15, -0.1) is 0 Å². The summed E-state index contributed by atoms with van der Waals surface area (Å²) >= 11 is 0. The zero-order valence-electron chi connectivity index (χ0n) is 15.6. The van der Waals surface area contributed by atoms with Gasteiger partial charge in [-0.3, -0.25) is 14.4 Å². The van der Waals surface area contributed by atoms with Crippen molar-refractivity contribution in [2.24, 2.45) is 17.2 Å². The minimum atomic E-state index is -0.380. The van der Waals surface area contributed by atoms with Crippen molar-refractivity contribution in [3.63, 3.8) is 0 Å². The first-order chi connectivity index (χ1) is 13.0. The normalized spacial score (nSPS) is 10.3. The van der Waals surface area contributed by atoms with E-state index in [1.54, 1.807) is 18.2 Å². The highest BCUT2D eigenvalue weighted by atomic mass is 16.2. The number of amides is 3. The van der Waals surface area contributed by atoms with Crippen molar-refractivity contribution in [1.82, 2.24) is 10.6 Å².